The summed E-state index contributed by atoms with van der Waals surface area (Å²) >= 11 is 0. The van der Waals surface area contributed by atoms with Crippen molar-refractivity contribution in [3.05, 3.63) is 36.0 Å². The molecule has 9 heteroatoms. The van der Waals surface area contributed by atoms with Crippen molar-refractivity contribution in [2.75, 3.05) is 23.8 Å². The maximum absolute atomic E-state index is 12.8. The molecule has 1 aliphatic heterocycles. The van der Waals surface area contributed by atoms with E-state index < -0.39 is 0 Å². The van der Waals surface area contributed by atoms with Crippen LogP contribution in [0.1, 0.15) is 25.0 Å². The van der Waals surface area contributed by atoms with Crippen molar-refractivity contribution in [2.24, 2.45) is 5.92 Å². The molecule has 3 atom stereocenters. The lowest BCUT2D eigenvalue weighted by Crippen LogP contribution is -2.52. The number of halogens is 2. The summed E-state index contributed by atoms with van der Waals surface area (Å²) in [5.41, 5.74) is 2.48. The van der Waals surface area contributed by atoms with Gasteiger partial charge in [0.25, 0.3) is 0 Å². The highest BCUT2D eigenvalue weighted by molar-refractivity contribution is 5.96. The molecule has 154 valence electrons. The lowest BCUT2D eigenvalue weighted by molar-refractivity contribution is -0.123. The Labute approximate surface area is 177 Å². The maximum atomic E-state index is 12.8. The van der Waals surface area contributed by atoms with Gasteiger partial charge in [-0.05, 0) is 38.3 Å². The molecule has 1 aliphatic carbocycles. The fourth-order valence-corrected chi connectivity index (χ4v) is 3.81. The number of rotatable bonds is 4. The third kappa shape index (κ3) is 4.97. The van der Waals surface area contributed by atoms with Gasteiger partial charge in [0.05, 0.1) is 18.4 Å². The normalized spacial score (nSPS) is 23.5. The number of amides is 1. The molecule has 2 aliphatic rings. The van der Waals surface area contributed by atoms with E-state index in [0.717, 1.165) is 43.8 Å². The molecule has 1 saturated carbocycles. The highest BCUT2D eigenvalue weighted by Crippen LogP contribution is 2.31. The Morgan fingerprint density at radius 3 is 2.79 bits per heavy atom. The van der Waals surface area contributed by atoms with Crippen LogP contribution >= 0.6 is 24.8 Å². The van der Waals surface area contributed by atoms with Gasteiger partial charge in [0.2, 0.25) is 5.91 Å². The Morgan fingerprint density at radius 2 is 2.00 bits per heavy atom. The number of hydrogen-bond donors (Lipinski definition) is 4. The third-order valence-corrected chi connectivity index (χ3v) is 5.23. The minimum Gasteiger partial charge on any atom is -0.375 e. The molecule has 0 radical (unpaired) electrons. The number of nitrogens with zero attached hydrogens (tertiary/aromatic N) is 1. The molecule has 4 rings (SSSR count). The van der Waals surface area contributed by atoms with E-state index in [1.54, 1.807) is 0 Å². The number of aryl methyl sites for hydroxylation is 1. The molecule has 1 aromatic carbocycles. The minimum atomic E-state index is -0.00988. The summed E-state index contributed by atoms with van der Waals surface area (Å²) in [5, 5.41) is 17.1. The molecule has 0 bridgehead atoms. The molecule has 2 fully saturated rings. The summed E-state index contributed by atoms with van der Waals surface area (Å²) in [6, 6.07) is 10.1. The summed E-state index contributed by atoms with van der Waals surface area (Å²) in [6.07, 6.45) is 2.84. The summed E-state index contributed by atoms with van der Waals surface area (Å²) in [6.45, 7) is 3.54. The van der Waals surface area contributed by atoms with Gasteiger partial charge < -0.3 is 20.7 Å². The molecular formula is C19H27Cl2N5O2. The van der Waals surface area contributed by atoms with E-state index in [2.05, 4.69) is 26.1 Å². The van der Waals surface area contributed by atoms with Crippen LogP contribution in [0.3, 0.4) is 0 Å². The molecule has 1 aromatic heterocycles. The van der Waals surface area contributed by atoms with E-state index in [4.69, 9.17) is 4.74 Å². The lowest BCUT2D eigenvalue weighted by Gasteiger charge is -2.39. The average molecular weight is 428 g/mol. The van der Waals surface area contributed by atoms with Gasteiger partial charge in [-0.15, -0.1) is 24.8 Å². The average Bonchev–Trinajstić information content (AvgIpc) is 3.02. The number of hydrogen-bond acceptors (Lipinski definition) is 5. The molecular weight excluding hydrogens is 401 g/mol. The molecule has 4 N–H and O–H groups in total. The number of anilines is 3. The van der Waals surface area contributed by atoms with Gasteiger partial charge in [0, 0.05) is 24.2 Å². The zero-order valence-corrected chi connectivity index (χ0v) is 17.4. The number of benzene rings is 1. The highest BCUT2D eigenvalue weighted by atomic mass is 35.5. The van der Waals surface area contributed by atoms with Gasteiger partial charge in [-0.2, -0.15) is 5.10 Å². The zero-order chi connectivity index (χ0) is 17.9. The first-order valence-corrected chi connectivity index (χ1v) is 9.23. The fraction of sp³-hybridized carbons (Fsp3) is 0.474. The van der Waals surface area contributed by atoms with E-state index in [0.29, 0.717) is 11.5 Å². The Bertz CT molecular complexity index is 771. The summed E-state index contributed by atoms with van der Waals surface area (Å²) in [5.74, 6) is 0.677. The predicted octanol–water partition coefficient (Wildman–Crippen LogP) is 3.40. The smallest absolute Gasteiger partial charge is 0.227 e. The maximum Gasteiger partial charge on any atom is 0.227 e. The number of carbonyl (C=O) groups is 1. The van der Waals surface area contributed by atoms with Crippen LogP contribution in [0.15, 0.2) is 30.3 Å². The number of ether oxygens (including phenoxy) is 1. The number of fused-ring (bicyclic) bond motifs is 1. The lowest BCUT2D eigenvalue weighted by atomic mass is 9.82. The number of H-pyrrole nitrogens is 1. The van der Waals surface area contributed by atoms with E-state index in [1.807, 2.05) is 37.3 Å². The van der Waals surface area contributed by atoms with Crippen molar-refractivity contribution in [1.82, 2.24) is 15.5 Å². The quantitative estimate of drug-likeness (QED) is 0.599. The van der Waals surface area contributed by atoms with E-state index in [-0.39, 0.29) is 48.8 Å². The Balaban J connectivity index is 0.00000140. The summed E-state index contributed by atoms with van der Waals surface area (Å²) in [7, 11) is 0. The highest BCUT2D eigenvalue weighted by Gasteiger charge is 2.36. The second kappa shape index (κ2) is 10.1. The Hall–Kier alpha value is -1.80. The van der Waals surface area contributed by atoms with Gasteiger partial charge >= 0.3 is 0 Å². The van der Waals surface area contributed by atoms with Crippen LogP contribution in [-0.4, -0.2) is 41.4 Å². The standard InChI is InChI=1S/C19H25N5O2.2ClH/c1-12-17(18(24-23-12)21-14-5-3-2-4-6-14)22-19(25)13-7-8-16-15(11-13)20-9-10-26-16;;/h2-6,13,15-16,20H,7-11H2,1H3,(H,22,25)(H2,21,23,24);2*1H/t13-,15+,16+;;/m0../s1. The molecule has 0 spiro atoms. The van der Waals surface area contributed by atoms with Crippen molar-refractivity contribution < 1.29 is 9.53 Å². The zero-order valence-electron chi connectivity index (χ0n) is 15.7. The summed E-state index contributed by atoms with van der Waals surface area (Å²) < 4.78 is 5.80. The van der Waals surface area contributed by atoms with E-state index in [9.17, 15) is 4.79 Å². The van der Waals surface area contributed by atoms with Crippen LogP contribution in [0.25, 0.3) is 0 Å². The van der Waals surface area contributed by atoms with E-state index >= 15 is 0 Å². The van der Waals surface area contributed by atoms with Gasteiger partial charge in [-0.25, -0.2) is 0 Å². The molecule has 28 heavy (non-hydrogen) atoms. The largest absolute Gasteiger partial charge is 0.375 e. The topological polar surface area (TPSA) is 91.1 Å². The number of aromatic amines is 1. The monoisotopic (exact) mass is 427 g/mol. The number of morpholine rings is 1. The van der Waals surface area contributed by atoms with Crippen LogP contribution in [0.5, 0.6) is 0 Å². The third-order valence-electron chi connectivity index (χ3n) is 5.23. The fourth-order valence-electron chi connectivity index (χ4n) is 3.81. The van der Waals surface area contributed by atoms with Crippen LogP contribution < -0.4 is 16.0 Å². The second-order valence-corrected chi connectivity index (χ2v) is 7.03. The van der Waals surface area contributed by atoms with Gasteiger partial charge in [0.15, 0.2) is 5.82 Å². The van der Waals surface area contributed by atoms with E-state index in [1.165, 1.54) is 0 Å². The van der Waals surface area contributed by atoms with Gasteiger partial charge in [-0.1, -0.05) is 18.2 Å². The van der Waals surface area contributed by atoms with Crippen molar-refractivity contribution in [3.8, 4) is 0 Å². The van der Waals surface area contributed by atoms with Gasteiger partial charge in [0.1, 0.15) is 5.69 Å². The molecule has 0 unspecified atom stereocenters. The minimum absolute atomic E-state index is 0. The predicted molar refractivity (Wildman–Crippen MR) is 115 cm³/mol. The van der Waals surface area contributed by atoms with Crippen LogP contribution in [0, 0.1) is 12.8 Å². The van der Waals surface area contributed by atoms with Gasteiger partial charge in [-0.3, -0.25) is 9.89 Å². The number of nitrogens with one attached hydrogen (secondary N) is 4. The molecule has 1 saturated heterocycles. The first-order valence-electron chi connectivity index (χ1n) is 9.23. The number of aromatic nitrogens is 2. The first kappa shape index (κ1) is 22.5. The molecule has 1 amide bonds. The summed E-state index contributed by atoms with van der Waals surface area (Å²) in [4.78, 5) is 12.8. The first-order chi connectivity index (χ1) is 12.7. The van der Waals surface area contributed by atoms with Crippen LogP contribution in [0.2, 0.25) is 0 Å². The molecule has 2 aromatic rings. The number of carbonyl (C=O) groups excluding carboxylic acids is 1. The molecule has 2 heterocycles. The van der Waals surface area contributed by atoms with Crippen molar-refractivity contribution in [1.29, 1.82) is 0 Å². The van der Waals surface area contributed by atoms with Crippen LogP contribution in [-0.2, 0) is 9.53 Å². The Kier molecular flexibility index (Phi) is 8.12. The van der Waals surface area contributed by atoms with Crippen LogP contribution in [0.4, 0.5) is 17.2 Å². The van der Waals surface area contributed by atoms with Crippen molar-refractivity contribution in [3.63, 3.8) is 0 Å². The number of para-hydroxylation sites is 1. The molecule has 7 nitrogen and oxygen atoms in total. The van der Waals surface area contributed by atoms with Crippen molar-refractivity contribution in [2.45, 2.75) is 38.3 Å². The second-order valence-electron chi connectivity index (χ2n) is 7.03. The SMILES string of the molecule is Cc1[nH]nc(Nc2ccccc2)c1NC(=O)[C@H]1CC[C@H]2OCCN[C@@H]2C1.Cl.Cl. The van der Waals surface area contributed by atoms with Crippen molar-refractivity contribution >= 4 is 47.9 Å². The Morgan fingerprint density at radius 1 is 1.21 bits per heavy atom.